The standard InChI is InChI=1S/C13H11BrF2N2O/c1-17-7-8-3-2-4-18-13(8)19-11-6-9(14)5-10(15)12(11)16/h2-6,17H,7H2,1H3. The molecule has 0 aliphatic carbocycles. The molecule has 1 aromatic carbocycles. The maximum atomic E-state index is 13.6. The lowest BCUT2D eigenvalue weighted by Gasteiger charge is -2.10. The number of hydrogen-bond acceptors (Lipinski definition) is 3. The SMILES string of the molecule is CNCc1cccnc1Oc1cc(Br)cc(F)c1F. The fourth-order valence-electron chi connectivity index (χ4n) is 1.55. The number of nitrogens with one attached hydrogen (secondary N) is 1. The van der Waals surface area contributed by atoms with Gasteiger partial charge in [0.15, 0.2) is 11.6 Å². The van der Waals surface area contributed by atoms with Crippen molar-refractivity contribution in [2.45, 2.75) is 6.54 Å². The summed E-state index contributed by atoms with van der Waals surface area (Å²) >= 11 is 3.09. The number of aromatic nitrogens is 1. The maximum absolute atomic E-state index is 13.6. The van der Waals surface area contributed by atoms with E-state index in [4.69, 9.17) is 4.74 Å². The molecule has 0 radical (unpaired) electrons. The monoisotopic (exact) mass is 328 g/mol. The number of halogens is 3. The summed E-state index contributed by atoms with van der Waals surface area (Å²) in [5.74, 6) is -1.98. The van der Waals surface area contributed by atoms with Crippen molar-refractivity contribution in [1.82, 2.24) is 10.3 Å². The normalized spacial score (nSPS) is 10.5. The van der Waals surface area contributed by atoms with Gasteiger partial charge >= 0.3 is 0 Å². The molecule has 2 rings (SSSR count). The molecule has 0 atom stereocenters. The van der Waals surface area contributed by atoms with Crippen LogP contribution in [0.5, 0.6) is 11.6 Å². The molecule has 1 heterocycles. The van der Waals surface area contributed by atoms with Crippen molar-refractivity contribution in [3.05, 3.63) is 52.1 Å². The zero-order chi connectivity index (χ0) is 13.8. The Balaban J connectivity index is 2.36. The number of ether oxygens (including phenoxy) is 1. The van der Waals surface area contributed by atoms with E-state index >= 15 is 0 Å². The van der Waals surface area contributed by atoms with Gasteiger partial charge in [-0.05, 0) is 25.2 Å². The van der Waals surface area contributed by atoms with Crippen LogP contribution in [0.25, 0.3) is 0 Å². The van der Waals surface area contributed by atoms with E-state index in [1.54, 1.807) is 19.2 Å². The Morgan fingerprint density at radius 1 is 1.37 bits per heavy atom. The third-order valence-electron chi connectivity index (χ3n) is 2.38. The minimum Gasteiger partial charge on any atom is -0.435 e. The summed E-state index contributed by atoms with van der Waals surface area (Å²) in [5, 5.41) is 2.95. The molecular formula is C13H11BrF2N2O. The fraction of sp³-hybridized carbons (Fsp3) is 0.154. The minimum absolute atomic E-state index is 0.206. The molecule has 0 aliphatic rings. The van der Waals surface area contributed by atoms with Crippen LogP contribution in [-0.2, 0) is 6.54 Å². The number of hydrogen-bond donors (Lipinski definition) is 1. The van der Waals surface area contributed by atoms with Crippen LogP contribution in [0.4, 0.5) is 8.78 Å². The van der Waals surface area contributed by atoms with Gasteiger partial charge in [-0.1, -0.05) is 22.0 Å². The van der Waals surface area contributed by atoms with Gasteiger partial charge in [-0.15, -0.1) is 0 Å². The average Bonchev–Trinajstić information content (AvgIpc) is 2.38. The second kappa shape index (κ2) is 6.08. The molecule has 19 heavy (non-hydrogen) atoms. The molecular weight excluding hydrogens is 318 g/mol. The van der Waals surface area contributed by atoms with Crippen LogP contribution in [-0.4, -0.2) is 12.0 Å². The predicted molar refractivity (Wildman–Crippen MR) is 71.1 cm³/mol. The molecule has 0 unspecified atom stereocenters. The van der Waals surface area contributed by atoms with Crippen LogP contribution < -0.4 is 10.1 Å². The minimum atomic E-state index is -1.04. The van der Waals surface area contributed by atoms with Gasteiger partial charge in [-0.2, -0.15) is 4.39 Å². The highest BCUT2D eigenvalue weighted by Crippen LogP contribution is 2.30. The van der Waals surface area contributed by atoms with Gasteiger partial charge in [-0.25, -0.2) is 9.37 Å². The zero-order valence-corrected chi connectivity index (χ0v) is 11.7. The van der Waals surface area contributed by atoms with Gasteiger partial charge in [0.1, 0.15) is 0 Å². The van der Waals surface area contributed by atoms with E-state index in [0.29, 0.717) is 11.0 Å². The second-order valence-electron chi connectivity index (χ2n) is 3.80. The van der Waals surface area contributed by atoms with Crippen molar-refractivity contribution in [3.8, 4) is 11.6 Å². The molecule has 0 saturated carbocycles. The van der Waals surface area contributed by atoms with E-state index in [2.05, 4.69) is 26.2 Å². The number of rotatable bonds is 4. The van der Waals surface area contributed by atoms with E-state index in [1.165, 1.54) is 12.3 Å². The van der Waals surface area contributed by atoms with Crippen molar-refractivity contribution in [1.29, 1.82) is 0 Å². The summed E-state index contributed by atoms with van der Waals surface area (Å²) in [6.07, 6.45) is 1.53. The Labute approximate surface area is 117 Å². The first-order valence-corrected chi connectivity index (χ1v) is 6.32. The highest BCUT2D eigenvalue weighted by atomic mass is 79.9. The molecule has 3 nitrogen and oxygen atoms in total. The van der Waals surface area contributed by atoms with E-state index in [9.17, 15) is 8.78 Å². The first-order chi connectivity index (χ1) is 9.11. The molecule has 0 fully saturated rings. The Kier molecular flexibility index (Phi) is 4.44. The van der Waals surface area contributed by atoms with Crippen LogP contribution in [0, 0.1) is 11.6 Å². The first kappa shape index (κ1) is 13.9. The molecule has 6 heteroatoms. The van der Waals surface area contributed by atoms with Crippen molar-refractivity contribution in [2.24, 2.45) is 0 Å². The summed E-state index contributed by atoms with van der Waals surface area (Å²) in [6, 6.07) is 5.94. The molecule has 0 bridgehead atoms. The summed E-state index contributed by atoms with van der Waals surface area (Å²) < 4.78 is 32.6. The van der Waals surface area contributed by atoms with E-state index in [-0.39, 0.29) is 11.6 Å². The van der Waals surface area contributed by atoms with Crippen molar-refractivity contribution >= 4 is 15.9 Å². The van der Waals surface area contributed by atoms with E-state index in [0.717, 1.165) is 11.6 Å². The first-order valence-electron chi connectivity index (χ1n) is 5.52. The molecule has 0 amide bonds. The summed E-state index contributed by atoms with van der Waals surface area (Å²) in [4.78, 5) is 4.03. The second-order valence-corrected chi connectivity index (χ2v) is 4.72. The van der Waals surface area contributed by atoms with Crippen LogP contribution in [0.15, 0.2) is 34.9 Å². The quantitative estimate of drug-likeness (QED) is 0.870. The fourth-order valence-corrected chi connectivity index (χ4v) is 1.96. The highest BCUT2D eigenvalue weighted by molar-refractivity contribution is 9.10. The van der Waals surface area contributed by atoms with Crippen molar-refractivity contribution in [2.75, 3.05) is 7.05 Å². The van der Waals surface area contributed by atoms with Gasteiger partial charge in [0.05, 0.1) is 0 Å². The maximum Gasteiger partial charge on any atom is 0.223 e. The van der Waals surface area contributed by atoms with Crippen LogP contribution in [0.2, 0.25) is 0 Å². The van der Waals surface area contributed by atoms with Crippen LogP contribution in [0.1, 0.15) is 5.56 Å². The van der Waals surface area contributed by atoms with Gasteiger partial charge in [0.25, 0.3) is 0 Å². The predicted octanol–water partition coefficient (Wildman–Crippen LogP) is 3.63. The highest BCUT2D eigenvalue weighted by Gasteiger charge is 2.14. The largest absolute Gasteiger partial charge is 0.435 e. The number of pyridine rings is 1. The molecule has 1 aromatic heterocycles. The molecule has 100 valence electrons. The Hall–Kier alpha value is -1.53. The number of nitrogens with zero attached hydrogens (tertiary/aromatic N) is 1. The van der Waals surface area contributed by atoms with Gasteiger partial charge in [-0.3, -0.25) is 0 Å². The Bertz CT molecular complexity index is 593. The lowest BCUT2D eigenvalue weighted by atomic mass is 10.2. The lowest BCUT2D eigenvalue weighted by Crippen LogP contribution is -2.07. The third-order valence-corrected chi connectivity index (χ3v) is 2.84. The van der Waals surface area contributed by atoms with Gasteiger partial charge in [0.2, 0.25) is 11.7 Å². The summed E-state index contributed by atoms with van der Waals surface area (Å²) in [5.41, 5.74) is 0.754. The number of benzene rings is 1. The third kappa shape index (κ3) is 3.27. The van der Waals surface area contributed by atoms with Crippen molar-refractivity contribution in [3.63, 3.8) is 0 Å². The summed E-state index contributed by atoms with van der Waals surface area (Å²) in [6.45, 7) is 0.515. The lowest BCUT2D eigenvalue weighted by molar-refractivity contribution is 0.400. The van der Waals surface area contributed by atoms with Gasteiger partial charge < -0.3 is 10.1 Å². The smallest absolute Gasteiger partial charge is 0.223 e. The topological polar surface area (TPSA) is 34.2 Å². The van der Waals surface area contributed by atoms with E-state index in [1.807, 2.05) is 0 Å². The van der Waals surface area contributed by atoms with Crippen LogP contribution in [0.3, 0.4) is 0 Å². The Morgan fingerprint density at radius 2 is 2.16 bits per heavy atom. The zero-order valence-electron chi connectivity index (χ0n) is 10.1. The molecule has 1 N–H and O–H groups in total. The Morgan fingerprint density at radius 3 is 2.89 bits per heavy atom. The van der Waals surface area contributed by atoms with Crippen LogP contribution >= 0.6 is 15.9 Å². The average molecular weight is 329 g/mol. The van der Waals surface area contributed by atoms with E-state index < -0.39 is 11.6 Å². The molecule has 0 aliphatic heterocycles. The van der Waals surface area contributed by atoms with Crippen molar-refractivity contribution < 1.29 is 13.5 Å². The van der Waals surface area contributed by atoms with Gasteiger partial charge in [0, 0.05) is 22.8 Å². The molecule has 0 saturated heterocycles. The molecule has 2 aromatic rings. The summed E-state index contributed by atoms with van der Waals surface area (Å²) in [7, 11) is 1.77. The molecule has 0 spiro atoms.